The highest BCUT2D eigenvalue weighted by Gasteiger charge is 2.26. The van der Waals surface area contributed by atoms with E-state index in [1.54, 1.807) is 6.07 Å². The molecule has 0 fully saturated rings. The minimum atomic E-state index is 0.552. The minimum Gasteiger partial charge on any atom is -0.410 e. The lowest BCUT2D eigenvalue weighted by Gasteiger charge is -2.01. The van der Waals surface area contributed by atoms with Crippen molar-refractivity contribution in [1.82, 2.24) is 0 Å². The molecule has 0 aliphatic heterocycles. The molecule has 78 valence electrons. The quantitative estimate of drug-likeness (QED) is 0.464. The summed E-state index contributed by atoms with van der Waals surface area (Å²) in [6.07, 6.45) is 0. The van der Waals surface area contributed by atoms with Crippen LogP contribution in [0.2, 0.25) is 5.02 Å². The second kappa shape index (κ2) is 3.35. The largest absolute Gasteiger partial charge is 0.410 e. The molecule has 2 nitrogen and oxygen atoms in total. The van der Waals surface area contributed by atoms with E-state index in [1.807, 2.05) is 36.4 Å². The number of fused-ring (bicyclic) bond motifs is 3. The first-order chi connectivity index (χ1) is 7.83. The molecule has 3 rings (SSSR count). The van der Waals surface area contributed by atoms with Gasteiger partial charge >= 0.3 is 0 Å². The van der Waals surface area contributed by atoms with Crippen molar-refractivity contribution in [2.75, 3.05) is 0 Å². The summed E-state index contributed by atoms with van der Waals surface area (Å²) in [5.74, 6) is 0. The van der Waals surface area contributed by atoms with Crippen LogP contribution >= 0.6 is 11.6 Å². The van der Waals surface area contributed by atoms with Gasteiger partial charge in [0.2, 0.25) is 0 Å². The Morgan fingerprint density at radius 2 is 1.56 bits per heavy atom. The zero-order valence-electron chi connectivity index (χ0n) is 8.31. The third kappa shape index (κ3) is 1.11. The van der Waals surface area contributed by atoms with Gasteiger partial charge in [0.1, 0.15) is 5.71 Å². The molecule has 0 spiro atoms. The van der Waals surface area contributed by atoms with Gasteiger partial charge in [0.25, 0.3) is 0 Å². The Kier molecular flexibility index (Phi) is 1.98. The summed E-state index contributed by atoms with van der Waals surface area (Å²) in [5, 5.41) is 13.1. The Hall–Kier alpha value is -1.80. The zero-order valence-corrected chi connectivity index (χ0v) is 9.07. The van der Waals surface area contributed by atoms with Crippen LogP contribution < -0.4 is 0 Å². The molecule has 1 aliphatic rings. The van der Waals surface area contributed by atoms with Crippen LogP contribution in [0.15, 0.2) is 47.6 Å². The van der Waals surface area contributed by atoms with Gasteiger partial charge in [-0.05, 0) is 17.2 Å². The van der Waals surface area contributed by atoms with E-state index in [0.717, 1.165) is 22.3 Å². The van der Waals surface area contributed by atoms with E-state index in [1.165, 1.54) is 0 Å². The highest BCUT2D eigenvalue weighted by Crippen LogP contribution is 2.39. The lowest BCUT2D eigenvalue weighted by atomic mass is 10.1. The predicted molar refractivity (Wildman–Crippen MR) is 64.3 cm³/mol. The first kappa shape index (κ1) is 9.43. The first-order valence-electron chi connectivity index (χ1n) is 4.93. The maximum absolute atomic E-state index is 9.11. The summed E-state index contributed by atoms with van der Waals surface area (Å²) in [6.45, 7) is 0. The number of rotatable bonds is 0. The van der Waals surface area contributed by atoms with Gasteiger partial charge in [-0.3, -0.25) is 0 Å². The Morgan fingerprint density at radius 3 is 2.31 bits per heavy atom. The van der Waals surface area contributed by atoms with Gasteiger partial charge in [0.05, 0.1) is 5.02 Å². The number of halogens is 1. The van der Waals surface area contributed by atoms with Crippen LogP contribution in [0.4, 0.5) is 0 Å². The molecule has 0 saturated heterocycles. The average molecular weight is 230 g/mol. The Bertz CT molecular complexity index is 605. The van der Waals surface area contributed by atoms with Crippen molar-refractivity contribution in [2.45, 2.75) is 0 Å². The highest BCUT2D eigenvalue weighted by atomic mass is 35.5. The summed E-state index contributed by atoms with van der Waals surface area (Å²) < 4.78 is 0. The van der Waals surface area contributed by atoms with Gasteiger partial charge in [-0.15, -0.1) is 0 Å². The summed E-state index contributed by atoms with van der Waals surface area (Å²) in [6, 6.07) is 13.5. The number of oxime groups is 1. The topological polar surface area (TPSA) is 32.6 Å². The normalized spacial score (nSPS) is 14.9. The third-order valence-corrected chi connectivity index (χ3v) is 3.14. The van der Waals surface area contributed by atoms with E-state index >= 15 is 0 Å². The molecule has 16 heavy (non-hydrogen) atoms. The molecule has 0 unspecified atom stereocenters. The van der Waals surface area contributed by atoms with Crippen LogP contribution in [0.3, 0.4) is 0 Å². The van der Waals surface area contributed by atoms with Crippen LogP contribution in [0, 0.1) is 0 Å². The fraction of sp³-hybridized carbons (Fsp3) is 0. The molecule has 0 atom stereocenters. The fourth-order valence-corrected chi connectivity index (χ4v) is 2.42. The zero-order chi connectivity index (χ0) is 11.1. The number of nitrogens with zero attached hydrogens (tertiary/aromatic N) is 1. The maximum atomic E-state index is 9.11. The van der Waals surface area contributed by atoms with E-state index < -0.39 is 0 Å². The molecule has 2 aromatic rings. The van der Waals surface area contributed by atoms with Crippen molar-refractivity contribution in [3.63, 3.8) is 0 Å². The second-order valence-electron chi connectivity index (χ2n) is 3.66. The summed E-state index contributed by atoms with van der Waals surface area (Å²) in [7, 11) is 0. The monoisotopic (exact) mass is 229 g/mol. The van der Waals surface area contributed by atoms with Crippen molar-refractivity contribution in [1.29, 1.82) is 0 Å². The van der Waals surface area contributed by atoms with Crippen molar-refractivity contribution in [2.24, 2.45) is 5.16 Å². The number of benzene rings is 2. The Balaban J connectivity index is 2.44. The smallest absolute Gasteiger partial charge is 0.119 e. The lowest BCUT2D eigenvalue weighted by Crippen LogP contribution is -1.98. The van der Waals surface area contributed by atoms with Gasteiger partial charge < -0.3 is 5.21 Å². The molecule has 0 aromatic heterocycles. The van der Waals surface area contributed by atoms with Crippen LogP contribution in [0.25, 0.3) is 11.1 Å². The standard InChI is InChI=1S/C13H8ClNO/c14-11-7-3-6-9-8-4-1-2-5-10(8)13(15-16)12(9)11/h1-7,16H/b15-13-. The second-order valence-corrected chi connectivity index (χ2v) is 4.06. The summed E-state index contributed by atoms with van der Waals surface area (Å²) >= 11 is 6.14. The number of hydrogen-bond donors (Lipinski definition) is 1. The van der Waals surface area contributed by atoms with Crippen molar-refractivity contribution in [3.8, 4) is 11.1 Å². The van der Waals surface area contributed by atoms with Crippen LogP contribution in [0.5, 0.6) is 0 Å². The minimum absolute atomic E-state index is 0.552. The van der Waals surface area contributed by atoms with Crippen molar-refractivity contribution >= 4 is 17.3 Å². The third-order valence-electron chi connectivity index (χ3n) is 2.82. The van der Waals surface area contributed by atoms with Gasteiger partial charge in [-0.1, -0.05) is 53.2 Å². The van der Waals surface area contributed by atoms with Crippen molar-refractivity contribution in [3.05, 3.63) is 58.6 Å². The SMILES string of the molecule is O/N=C1/c2ccccc2-c2cccc(Cl)c21. The molecule has 2 aromatic carbocycles. The summed E-state index contributed by atoms with van der Waals surface area (Å²) in [4.78, 5) is 0. The molecule has 0 amide bonds. The van der Waals surface area contributed by atoms with E-state index in [4.69, 9.17) is 16.8 Å². The van der Waals surface area contributed by atoms with E-state index in [0.29, 0.717) is 10.7 Å². The van der Waals surface area contributed by atoms with Crippen LogP contribution in [-0.4, -0.2) is 10.9 Å². The molecule has 3 heteroatoms. The van der Waals surface area contributed by atoms with Gasteiger partial charge in [-0.25, -0.2) is 0 Å². The Labute approximate surface area is 97.8 Å². The van der Waals surface area contributed by atoms with Gasteiger partial charge in [-0.2, -0.15) is 0 Å². The molecule has 0 heterocycles. The molecule has 0 radical (unpaired) electrons. The predicted octanol–water partition coefficient (Wildman–Crippen LogP) is 3.55. The number of hydrogen-bond acceptors (Lipinski definition) is 2. The Morgan fingerprint density at radius 1 is 0.875 bits per heavy atom. The molecular formula is C13H8ClNO. The molecule has 1 aliphatic carbocycles. The van der Waals surface area contributed by atoms with E-state index in [-0.39, 0.29) is 0 Å². The molecule has 1 N–H and O–H groups in total. The highest BCUT2D eigenvalue weighted by molar-refractivity contribution is 6.38. The molecule has 0 bridgehead atoms. The molecular weight excluding hydrogens is 222 g/mol. The maximum Gasteiger partial charge on any atom is 0.119 e. The van der Waals surface area contributed by atoms with Crippen LogP contribution in [-0.2, 0) is 0 Å². The van der Waals surface area contributed by atoms with Gasteiger partial charge in [0.15, 0.2) is 0 Å². The van der Waals surface area contributed by atoms with E-state index in [2.05, 4.69) is 5.16 Å². The van der Waals surface area contributed by atoms with E-state index in [9.17, 15) is 0 Å². The molecule has 0 saturated carbocycles. The van der Waals surface area contributed by atoms with Crippen molar-refractivity contribution < 1.29 is 5.21 Å². The van der Waals surface area contributed by atoms with Gasteiger partial charge in [0, 0.05) is 11.1 Å². The lowest BCUT2D eigenvalue weighted by molar-refractivity contribution is 0.320. The first-order valence-corrected chi connectivity index (χ1v) is 5.31. The van der Waals surface area contributed by atoms with Crippen LogP contribution in [0.1, 0.15) is 11.1 Å². The fourth-order valence-electron chi connectivity index (χ4n) is 2.15. The summed E-state index contributed by atoms with van der Waals surface area (Å²) in [5.41, 5.74) is 4.38. The average Bonchev–Trinajstić information content (AvgIpc) is 2.65.